The number of fused-ring (bicyclic) bond motifs is 2. The molecule has 0 bridgehead atoms. The summed E-state index contributed by atoms with van der Waals surface area (Å²) in [6.07, 6.45) is 0. The molecule has 8 heteroatoms. The van der Waals surface area contributed by atoms with Gasteiger partial charge in [0.2, 0.25) is 5.91 Å². The van der Waals surface area contributed by atoms with E-state index in [0.29, 0.717) is 17.2 Å². The summed E-state index contributed by atoms with van der Waals surface area (Å²) in [4.78, 5) is 31.0. The number of nitrogens with zero attached hydrogens (tertiary/aromatic N) is 3. The first-order chi connectivity index (χ1) is 16.0. The van der Waals surface area contributed by atoms with Crippen LogP contribution in [0, 0.1) is 13.8 Å². The van der Waals surface area contributed by atoms with Gasteiger partial charge in [-0.1, -0.05) is 36.4 Å². The molecule has 0 atom stereocenters. The van der Waals surface area contributed by atoms with E-state index in [4.69, 9.17) is 4.74 Å². The van der Waals surface area contributed by atoms with Crippen LogP contribution < -0.4 is 15.6 Å². The van der Waals surface area contributed by atoms with Gasteiger partial charge >= 0.3 is 0 Å². The number of hydrogen-bond acceptors (Lipinski definition) is 6. The minimum atomic E-state index is -0.481. The van der Waals surface area contributed by atoms with Crippen molar-refractivity contribution in [2.24, 2.45) is 0 Å². The van der Waals surface area contributed by atoms with Crippen LogP contribution in [0.4, 0.5) is 0 Å². The summed E-state index contributed by atoms with van der Waals surface area (Å²) in [6.45, 7) is 4.42. The van der Waals surface area contributed by atoms with Gasteiger partial charge < -0.3 is 10.1 Å². The summed E-state index contributed by atoms with van der Waals surface area (Å²) in [5.74, 6) is 0.732. The Morgan fingerprint density at radius 1 is 1.03 bits per heavy atom. The summed E-state index contributed by atoms with van der Waals surface area (Å²) in [5.41, 5.74) is 3.02. The van der Waals surface area contributed by atoms with Crippen LogP contribution in [0.25, 0.3) is 10.6 Å². The molecule has 0 aliphatic carbocycles. The fourth-order valence-electron chi connectivity index (χ4n) is 4.08. The molecule has 7 nitrogen and oxygen atoms in total. The SMILES string of the molecule is Cc1nc(C)c(-c2ccc(=O)n(CCNC(=O)C3c4ccccc4Oc4ccccc43)n2)s1. The number of nitrogens with one attached hydrogen (secondary N) is 1. The summed E-state index contributed by atoms with van der Waals surface area (Å²) in [5, 5.41) is 8.43. The van der Waals surface area contributed by atoms with Crippen molar-refractivity contribution in [2.75, 3.05) is 6.54 Å². The van der Waals surface area contributed by atoms with Crippen LogP contribution in [0.15, 0.2) is 65.5 Å². The summed E-state index contributed by atoms with van der Waals surface area (Å²) < 4.78 is 7.36. The van der Waals surface area contributed by atoms with E-state index in [2.05, 4.69) is 15.4 Å². The van der Waals surface area contributed by atoms with Crippen LogP contribution in [0.5, 0.6) is 11.5 Å². The quantitative estimate of drug-likeness (QED) is 0.488. The van der Waals surface area contributed by atoms with Gasteiger partial charge in [0.05, 0.1) is 28.0 Å². The van der Waals surface area contributed by atoms with Crippen molar-refractivity contribution in [3.05, 3.63) is 92.8 Å². The maximum atomic E-state index is 13.3. The molecule has 1 aliphatic heterocycles. The van der Waals surface area contributed by atoms with E-state index in [1.165, 1.54) is 10.7 Å². The third-order valence-corrected chi connectivity index (χ3v) is 6.66. The predicted octanol–water partition coefficient (Wildman–Crippen LogP) is 4.04. The van der Waals surface area contributed by atoms with Crippen molar-refractivity contribution in [1.82, 2.24) is 20.1 Å². The Morgan fingerprint density at radius 2 is 1.70 bits per heavy atom. The molecule has 1 amide bonds. The van der Waals surface area contributed by atoms with Gasteiger partial charge in [-0.05, 0) is 32.0 Å². The van der Waals surface area contributed by atoms with Gasteiger partial charge in [-0.25, -0.2) is 9.67 Å². The van der Waals surface area contributed by atoms with Crippen molar-refractivity contribution >= 4 is 17.2 Å². The minimum Gasteiger partial charge on any atom is -0.457 e. The Kier molecular flexibility index (Phi) is 5.51. The molecule has 166 valence electrons. The molecule has 1 aliphatic rings. The molecule has 0 saturated heterocycles. The second-order valence-electron chi connectivity index (χ2n) is 7.83. The average Bonchev–Trinajstić information content (AvgIpc) is 3.16. The van der Waals surface area contributed by atoms with Crippen molar-refractivity contribution < 1.29 is 9.53 Å². The number of carbonyl (C=O) groups is 1. The van der Waals surface area contributed by atoms with Crippen molar-refractivity contribution in [3.8, 4) is 22.1 Å². The molecule has 0 radical (unpaired) electrons. The zero-order chi connectivity index (χ0) is 22.9. The fourth-order valence-corrected chi connectivity index (χ4v) is 4.96. The van der Waals surface area contributed by atoms with E-state index in [-0.39, 0.29) is 24.6 Å². The maximum Gasteiger partial charge on any atom is 0.266 e. The third kappa shape index (κ3) is 4.05. The Labute approximate surface area is 194 Å². The lowest BCUT2D eigenvalue weighted by Crippen LogP contribution is -2.35. The fraction of sp³-hybridized carbons (Fsp3) is 0.200. The van der Waals surface area contributed by atoms with Crippen LogP contribution >= 0.6 is 11.3 Å². The number of aryl methyl sites for hydroxylation is 2. The molecule has 0 spiro atoms. The highest BCUT2D eigenvalue weighted by atomic mass is 32.1. The zero-order valence-electron chi connectivity index (χ0n) is 18.2. The molecule has 5 rings (SSSR count). The normalized spacial score (nSPS) is 12.5. The summed E-state index contributed by atoms with van der Waals surface area (Å²) >= 11 is 1.55. The van der Waals surface area contributed by atoms with E-state index in [1.807, 2.05) is 62.4 Å². The van der Waals surface area contributed by atoms with Crippen LogP contribution in [-0.2, 0) is 11.3 Å². The van der Waals surface area contributed by atoms with Gasteiger partial charge in [0.1, 0.15) is 17.2 Å². The van der Waals surface area contributed by atoms with Gasteiger partial charge in [0.15, 0.2) is 0 Å². The molecule has 0 unspecified atom stereocenters. The van der Waals surface area contributed by atoms with Gasteiger partial charge in [-0.3, -0.25) is 9.59 Å². The van der Waals surface area contributed by atoms with E-state index in [9.17, 15) is 9.59 Å². The number of carbonyl (C=O) groups excluding carboxylic acids is 1. The van der Waals surface area contributed by atoms with Crippen LogP contribution in [0.2, 0.25) is 0 Å². The van der Waals surface area contributed by atoms with E-state index >= 15 is 0 Å². The van der Waals surface area contributed by atoms with Gasteiger partial charge in [0.25, 0.3) is 5.56 Å². The number of para-hydroxylation sites is 2. The van der Waals surface area contributed by atoms with Crippen LogP contribution in [-0.4, -0.2) is 27.2 Å². The number of hydrogen-bond donors (Lipinski definition) is 1. The minimum absolute atomic E-state index is 0.142. The number of ether oxygens (including phenoxy) is 1. The number of amides is 1. The summed E-state index contributed by atoms with van der Waals surface area (Å²) in [6, 6.07) is 18.3. The van der Waals surface area contributed by atoms with E-state index in [1.54, 1.807) is 17.4 Å². The molecule has 0 fully saturated rings. The molecule has 33 heavy (non-hydrogen) atoms. The molecule has 2 aromatic heterocycles. The van der Waals surface area contributed by atoms with Crippen LogP contribution in [0.1, 0.15) is 27.7 Å². The molecule has 1 N–H and O–H groups in total. The van der Waals surface area contributed by atoms with E-state index < -0.39 is 5.92 Å². The number of thiazole rings is 1. The Balaban J connectivity index is 1.35. The lowest BCUT2D eigenvalue weighted by Gasteiger charge is -2.27. The highest BCUT2D eigenvalue weighted by Crippen LogP contribution is 2.43. The maximum absolute atomic E-state index is 13.3. The lowest BCUT2D eigenvalue weighted by molar-refractivity contribution is -0.121. The average molecular weight is 459 g/mol. The molecule has 4 aromatic rings. The molecular formula is C25H22N4O3S. The smallest absolute Gasteiger partial charge is 0.266 e. The molecule has 3 heterocycles. The predicted molar refractivity (Wildman–Crippen MR) is 127 cm³/mol. The molecule has 2 aromatic carbocycles. The Bertz CT molecular complexity index is 1360. The van der Waals surface area contributed by atoms with Gasteiger partial charge in [0, 0.05) is 23.7 Å². The van der Waals surface area contributed by atoms with Crippen molar-refractivity contribution in [1.29, 1.82) is 0 Å². The van der Waals surface area contributed by atoms with Crippen molar-refractivity contribution in [2.45, 2.75) is 26.3 Å². The Morgan fingerprint density at radius 3 is 2.33 bits per heavy atom. The highest BCUT2D eigenvalue weighted by Gasteiger charge is 2.32. The summed E-state index contributed by atoms with van der Waals surface area (Å²) in [7, 11) is 0. The molecular weight excluding hydrogens is 436 g/mol. The zero-order valence-corrected chi connectivity index (χ0v) is 19.1. The number of aromatic nitrogens is 3. The first-order valence-electron chi connectivity index (χ1n) is 10.7. The largest absolute Gasteiger partial charge is 0.457 e. The second-order valence-corrected chi connectivity index (χ2v) is 9.03. The lowest BCUT2D eigenvalue weighted by atomic mass is 9.87. The monoisotopic (exact) mass is 458 g/mol. The first kappa shape index (κ1) is 21.1. The first-order valence-corrected chi connectivity index (χ1v) is 11.5. The third-order valence-electron chi connectivity index (χ3n) is 5.57. The topological polar surface area (TPSA) is 86.1 Å². The van der Waals surface area contributed by atoms with Gasteiger partial charge in [-0.2, -0.15) is 5.10 Å². The standard InChI is InChI=1S/C25H22N4O3S/c1-15-24(33-16(2)27-15)19-11-12-22(30)29(28-19)14-13-26-25(31)23-17-7-3-5-9-20(17)32-21-10-6-4-8-18(21)23/h3-12,23H,13-14H2,1-2H3,(H,26,31). The van der Waals surface area contributed by atoms with Crippen LogP contribution in [0.3, 0.4) is 0 Å². The van der Waals surface area contributed by atoms with Gasteiger partial charge in [-0.15, -0.1) is 11.3 Å². The Hall–Kier alpha value is -3.78. The van der Waals surface area contributed by atoms with Crippen molar-refractivity contribution in [3.63, 3.8) is 0 Å². The van der Waals surface area contributed by atoms with E-state index in [0.717, 1.165) is 26.7 Å². The number of benzene rings is 2. The second kappa shape index (κ2) is 8.63. The highest BCUT2D eigenvalue weighted by molar-refractivity contribution is 7.15. The molecule has 0 saturated carbocycles. The number of rotatable bonds is 5.